The smallest absolute Gasteiger partial charge is 0.239 e. The Morgan fingerprint density at radius 1 is 1.59 bits per heavy atom. The van der Waals surface area contributed by atoms with Crippen LogP contribution in [0.15, 0.2) is 24.1 Å². The number of nitrogens with one attached hydrogen (secondary N) is 1. The van der Waals surface area contributed by atoms with Crippen LogP contribution in [0.3, 0.4) is 0 Å². The number of carbonyl (C=O) groups is 1. The summed E-state index contributed by atoms with van der Waals surface area (Å²) < 4.78 is 1.80. The number of hydrogen-bond donors (Lipinski definition) is 1. The summed E-state index contributed by atoms with van der Waals surface area (Å²) in [5, 5.41) is 18.3. The molecule has 7 nitrogen and oxygen atoms in total. The molecule has 1 aliphatic rings. The Morgan fingerprint density at radius 3 is 3.27 bits per heavy atom. The van der Waals surface area contributed by atoms with Crippen molar-refractivity contribution in [3.63, 3.8) is 0 Å². The SMILES string of the molecule is N#Cc1ccsc1NC(=O)CN1CCC[C@H]1Cn1cncn1. The van der Waals surface area contributed by atoms with Gasteiger partial charge < -0.3 is 5.32 Å². The molecule has 22 heavy (non-hydrogen) atoms. The van der Waals surface area contributed by atoms with Gasteiger partial charge in [0.25, 0.3) is 0 Å². The predicted molar refractivity (Wildman–Crippen MR) is 82.3 cm³/mol. The number of amides is 1. The molecule has 0 saturated carbocycles. The molecule has 8 heteroatoms. The largest absolute Gasteiger partial charge is 0.315 e. The first kappa shape index (κ1) is 14.7. The molecular formula is C14H16N6OS. The first-order valence-electron chi connectivity index (χ1n) is 7.10. The predicted octanol–water partition coefficient (Wildman–Crippen LogP) is 1.31. The maximum atomic E-state index is 12.2. The van der Waals surface area contributed by atoms with E-state index in [2.05, 4.69) is 26.4 Å². The van der Waals surface area contributed by atoms with Gasteiger partial charge in [0.2, 0.25) is 5.91 Å². The number of nitriles is 1. The maximum absolute atomic E-state index is 12.2. The van der Waals surface area contributed by atoms with Crippen molar-refractivity contribution in [2.45, 2.75) is 25.4 Å². The molecule has 2 aromatic heterocycles. The lowest BCUT2D eigenvalue weighted by Crippen LogP contribution is -2.39. The first-order valence-corrected chi connectivity index (χ1v) is 7.98. The molecule has 0 aromatic carbocycles. The summed E-state index contributed by atoms with van der Waals surface area (Å²) in [7, 11) is 0. The molecule has 0 radical (unpaired) electrons. The zero-order valence-corrected chi connectivity index (χ0v) is 12.8. The van der Waals surface area contributed by atoms with Crippen molar-refractivity contribution >= 4 is 22.2 Å². The second kappa shape index (κ2) is 6.68. The summed E-state index contributed by atoms with van der Waals surface area (Å²) in [5.74, 6) is -0.0792. The van der Waals surface area contributed by atoms with Crippen LogP contribution >= 0.6 is 11.3 Å². The van der Waals surface area contributed by atoms with Gasteiger partial charge in [-0.25, -0.2) is 4.98 Å². The van der Waals surface area contributed by atoms with Gasteiger partial charge in [0.05, 0.1) is 18.7 Å². The fourth-order valence-corrected chi connectivity index (χ4v) is 3.45. The van der Waals surface area contributed by atoms with Crippen LogP contribution in [0.4, 0.5) is 5.00 Å². The van der Waals surface area contributed by atoms with E-state index in [-0.39, 0.29) is 5.91 Å². The van der Waals surface area contributed by atoms with Gasteiger partial charge in [-0.15, -0.1) is 11.3 Å². The van der Waals surface area contributed by atoms with Crippen molar-refractivity contribution in [1.82, 2.24) is 19.7 Å². The van der Waals surface area contributed by atoms with E-state index in [1.807, 2.05) is 0 Å². The molecule has 1 amide bonds. The number of hydrogen-bond acceptors (Lipinski definition) is 6. The standard InChI is InChI=1S/C14H16N6OS/c15-6-11-3-5-22-14(11)18-13(21)8-19-4-1-2-12(19)7-20-10-16-9-17-20/h3,5,9-10,12H,1-2,4,7-8H2,(H,18,21)/t12-/m0/s1. The minimum Gasteiger partial charge on any atom is -0.315 e. The van der Waals surface area contributed by atoms with E-state index in [1.54, 1.807) is 22.5 Å². The molecule has 0 unspecified atom stereocenters. The molecule has 114 valence electrons. The van der Waals surface area contributed by atoms with Gasteiger partial charge in [-0.3, -0.25) is 14.4 Å². The summed E-state index contributed by atoms with van der Waals surface area (Å²) in [6, 6.07) is 4.09. The van der Waals surface area contributed by atoms with Crippen LogP contribution in [0.5, 0.6) is 0 Å². The quantitative estimate of drug-likeness (QED) is 0.899. The number of likely N-dealkylation sites (tertiary alicyclic amines) is 1. The summed E-state index contributed by atoms with van der Waals surface area (Å²) in [6.45, 7) is 1.99. The van der Waals surface area contributed by atoms with Crippen LogP contribution in [0.25, 0.3) is 0 Å². The highest BCUT2D eigenvalue weighted by Crippen LogP contribution is 2.23. The van der Waals surface area contributed by atoms with Crippen LogP contribution < -0.4 is 5.32 Å². The van der Waals surface area contributed by atoms with Crippen molar-refractivity contribution in [3.05, 3.63) is 29.7 Å². The van der Waals surface area contributed by atoms with E-state index in [0.29, 0.717) is 23.2 Å². The van der Waals surface area contributed by atoms with Crippen molar-refractivity contribution in [2.75, 3.05) is 18.4 Å². The van der Waals surface area contributed by atoms with E-state index < -0.39 is 0 Å². The van der Waals surface area contributed by atoms with Gasteiger partial charge in [0.15, 0.2) is 0 Å². The third kappa shape index (κ3) is 3.32. The molecule has 2 aromatic rings. The molecule has 3 heterocycles. The van der Waals surface area contributed by atoms with Gasteiger partial charge in [-0.1, -0.05) is 0 Å². The minimum absolute atomic E-state index is 0.0792. The monoisotopic (exact) mass is 316 g/mol. The molecular weight excluding hydrogens is 300 g/mol. The van der Waals surface area contributed by atoms with Gasteiger partial charge in [-0.2, -0.15) is 10.4 Å². The number of nitrogens with zero attached hydrogens (tertiary/aromatic N) is 5. The summed E-state index contributed by atoms with van der Waals surface area (Å²) >= 11 is 1.37. The Kier molecular flexibility index (Phi) is 4.46. The highest BCUT2D eigenvalue weighted by molar-refractivity contribution is 7.14. The second-order valence-electron chi connectivity index (χ2n) is 5.21. The third-order valence-corrected chi connectivity index (χ3v) is 4.58. The Labute approximate surface area is 132 Å². The molecule has 3 rings (SSSR count). The van der Waals surface area contributed by atoms with E-state index in [0.717, 1.165) is 25.9 Å². The Hall–Kier alpha value is -2.24. The maximum Gasteiger partial charge on any atom is 0.239 e. The summed E-state index contributed by atoms with van der Waals surface area (Å²) in [4.78, 5) is 18.3. The Balaban J connectivity index is 1.57. The number of rotatable bonds is 5. The summed E-state index contributed by atoms with van der Waals surface area (Å²) in [5.41, 5.74) is 0.513. The van der Waals surface area contributed by atoms with Crippen molar-refractivity contribution in [2.24, 2.45) is 0 Å². The topological polar surface area (TPSA) is 86.8 Å². The lowest BCUT2D eigenvalue weighted by atomic mass is 10.2. The van der Waals surface area contributed by atoms with Gasteiger partial charge in [0, 0.05) is 6.04 Å². The third-order valence-electron chi connectivity index (χ3n) is 3.75. The molecule has 1 aliphatic heterocycles. The van der Waals surface area contributed by atoms with Crippen LogP contribution in [0, 0.1) is 11.3 Å². The highest BCUT2D eigenvalue weighted by atomic mass is 32.1. The number of thiophene rings is 1. The van der Waals surface area contributed by atoms with Crippen LogP contribution in [-0.4, -0.2) is 44.7 Å². The van der Waals surface area contributed by atoms with Crippen LogP contribution in [-0.2, 0) is 11.3 Å². The molecule has 0 aliphatic carbocycles. The zero-order valence-electron chi connectivity index (χ0n) is 12.0. The van der Waals surface area contributed by atoms with E-state index in [1.165, 1.54) is 17.7 Å². The molecule has 1 atom stereocenters. The van der Waals surface area contributed by atoms with E-state index in [9.17, 15) is 4.79 Å². The summed E-state index contributed by atoms with van der Waals surface area (Å²) in [6.07, 6.45) is 5.35. The van der Waals surface area contributed by atoms with Gasteiger partial charge in [0.1, 0.15) is 23.7 Å². The van der Waals surface area contributed by atoms with Crippen molar-refractivity contribution < 1.29 is 4.79 Å². The number of carbonyl (C=O) groups excluding carboxylic acids is 1. The van der Waals surface area contributed by atoms with Gasteiger partial charge >= 0.3 is 0 Å². The first-order chi connectivity index (χ1) is 10.8. The lowest BCUT2D eigenvalue weighted by molar-refractivity contribution is -0.117. The molecule has 0 bridgehead atoms. The average Bonchev–Trinajstić information content (AvgIpc) is 3.22. The molecule has 1 fully saturated rings. The van der Waals surface area contributed by atoms with Crippen LogP contribution in [0.2, 0.25) is 0 Å². The van der Waals surface area contributed by atoms with Gasteiger partial charge in [-0.05, 0) is 30.8 Å². The molecule has 1 N–H and O–H groups in total. The lowest BCUT2D eigenvalue weighted by Gasteiger charge is -2.23. The Morgan fingerprint density at radius 2 is 2.50 bits per heavy atom. The Bertz CT molecular complexity index is 674. The molecule has 1 saturated heterocycles. The number of aromatic nitrogens is 3. The number of anilines is 1. The van der Waals surface area contributed by atoms with E-state index >= 15 is 0 Å². The normalized spacial score (nSPS) is 18.2. The van der Waals surface area contributed by atoms with E-state index in [4.69, 9.17) is 5.26 Å². The zero-order chi connectivity index (χ0) is 15.4. The fourth-order valence-electron chi connectivity index (χ4n) is 2.70. The van der Waals surface area contributed by atoms with Crippen molar-refractivity contribution in [1.29, 1.82) is 5.26 Å². The highest BCUT2D eigenvalue weighted by Gasteiger charge is 2.27. The minimum atomic E-state index is -0.0792. The second-order valence-corrected chi connectivity index (χ2v) is 6.12. The van der Waals surface area contributed by atoms with Crippen molar-refractivity contribution in [3.8, 4) is 6.07 Å². The average molecular weight is 316 g/mol. The molecule has 0 spiro atoms. The fraction of sp³-hybridized carbons (Fsp3) is 0.429. The van der Waals surface area contributed by atoms with Crippen LogP contribution in [0.1, 0.15) is 18.4 Å².